The fraction of sp³-hybridized carbons (Fsp3) is 0.250. The molecule has 0 atom stereocenters. The standard InChI is InChI=1S/C16H18ClNO3/c1-18-9-12-4-5-13(8-14(12)17)21-15-6-3-11(10-19)7-16(15)20-2/h3-8,18-19H,9-10H2,1-2H3. The second-order valence-corrected chi connectivity index (χ2v) is 4.94. The van der Waals surface area contributed by atoms with Gasteiger partial charge in [-0.3, -0.25) is 0 Å². The van der Waals surface area contributed by atoms with Gasteiger partial charge in [0.05, 0.1) is 13.7 Å². The van der Waals surface area contributed by atoms with E-state index in [1.807, 2.05) is 19.2 Å². The van der Waals surface area contributed by atoms with Crippen LogP contribution in [0.5, 0.6) is 17.2 Å². The van der Waals surface area contributed by atoms with Gasteiger partial charge in [0, 0.05) is 11.6 Å². The van der Waals surface area contributed by atoms with Gasteiger partial charge in [-0.05, 0) is 42.4 Å². The number of halogens is 1. The fourth-order valence-corrected chi connectivity index (χ4v) is 2.18. The Kier molecular flexibility index (Phi) is 5.44. The van der Waals surface area contributed by atoms with Crippen molar-refractivity contribution in [2.45, 2.75) is 13.2 Å². The maximum Gasteiger partial charge on any atom is 0.169 e. The van der Waals surface area contributed by atoms with Crippen molar-refractivity contribution >= 4 is 11.6 Å². The molecule has 2 aromatic carbocycles. The van der Waals surface area contributed by atoms with E-state index in [2.05, 4.69) is 5.32 Å². The minimum atomic E-state index is -0.0405. The topological polar surface area (TPSA) is 50.7 Å². The fourth-order valence-electron chi connectivity index (χ4n) is 1.95. The lowest BCUT2D eigenvalue weighted by Gasteiger charge is -2.12. The maximum absolute atomic E-state index is 9.14. The van der Waals surface area contributed by atoms with E-state index in [1.165, 1.54) is 0 Å². The lowest BCUT2D eigenvalue weighted by atomic mass is 10.2. The zero-order valence-electron chi connectivity index (χ0n) is 12.0. The van der Waals surface area contributed by atoms with Gasteiger partial charge < -0.3 is 19.9 Å². The van der Waals surface area contributed by atoms with Crippen molar-refractivity contribution in [3.63, 3.8) is 0 Å². The third-order valence-corrected chi connectivity index (χ3v) is 3.38. The number of aliphatic hydroxyl groups is 1. The molecule has 2 N–H and O–H groups in total. The van der Waals surface area contributed by atoms with Crippen LogP contribution >= 0.6 is 11.6 Å². The van der Waals surface area contributed by atoms with Crippen molar-refractivity contribution in [1.29, 1.82) is 0 Å². The number of hydrogen-bond acceptors (Lipinski definition) is 4. The van der Waals surface area contributed by atoms with Crippen LogP contribution in [0.4, 0.5) is 0 Å². The molecule has 112 valence electrons. The molecule has 2 aromatic rings. The van der Waals surface area contributed by atoms with Crippen LogP contribution in [0.25, 0.3) is 0 Å². The molecule has 21 heavy (non-hydrogen) atoms. The van der Waals surface area contributed by atoms with E-state index in [9.17, 15) is 0 Å². The van der Waals surface area contributed by atoms with E-state index >= 15 is 0 Å². The summed E-state index contributed by atoms with van der Waals surface area (Å²) in [5.41, 5.74) is 1.77. The summed E-state index contributed by atoms with van der Waals surface area (Å²) < 4.78 is 11.1. The second-order valence-electron chi connectivity index (χ2n) is 4.53. The van der Waals surface area contributed by atoms with E-state index in [1.54, 1.807) is 31.4 Å². The van der Waals surface area contributed by atoms with Gasteiger partial charge in [0.25, 0.3) is 0 Å². The first-order valence-corrected chi connectivity index (χ1v) is 6.94. The Hall–Kier alpha value is -1.75. The molecule has 0 heterocycles. The third-order valence-electron chi connectivity index (χ3n) is 3.03. The molecule has 0 aliphatic rings. The summed E-state index contributed by atoms with van der Waals surface area (Å²) in [6.45, 7) is 0.662. The summed E-state index contributed by atoms with van der Waals surface area (Å²) >= 11 is 6.21. The maximum atomic E-state index is 9.14. The Morgan fingerprint density at radius 2 is 1.95 bits per heavy atom. The van der Waals surface area contributed by atoms with Crippen LogP contribution in [0.2, 0.25) is 5.02 Å². The number of methoxy groups -OCH3 is 1. The average Bonchev–Trinajstić information content (AvgIpc) is 2.50. The molecular weight excluding hydrogens is 290 g/mol. The molecule has 0 aliphatic heterocycles. The zero-order chi connectivity index (χ0) is 15.2. The summed E-state index contributed by atoms with van der Waals surface area (Å²) in [4.78, 5) is 0. The Bertz CT molecular complexity index is 616. The highest BCUT2D eigenvalue weighted by atomic mass is 35.5. The van der Waals surface area contributed by atoms with Crippen LogP contribution in [0.3, 0.4) is 0 Å². The smallest absolute Gasteiger partial charge is 0.169 e. The van der Waals surface area contributed by atoms with Gasteiger partial charge in [-0.25, -0.2) is 0 Å². The van der Waals surface area contributed by atoms with Crippen molar-refractivity contribution < 1.29 is 14.6 Å². The first-order chi connectivity index (χ1) is 10.2. The van der Waals surface area contributed by atoms with Crippen molar-refractivity contribution in [2.75, 3.05) is 14.2 Å². The van der Waals surface area contributed by atoms with E-state index < -0.39 is 0 Å². The summed E-state index contributed by atoms with van der Waals surface area (Å²) in [6, 6.07) is 10.8. The van der Waals surface area contributed by atoms with E-state index in [4.69, 9.17) is 26.2 Å². The number of aliphatic hydroxyl groups excluding tert-OH is 1. The number of ether oxygens (including phenoxy) is 2. The van der Waals surface area contributed by atoms with Crippen LogP contribution in [0.15, 0.2) is 36.4 Å². The number of hydrogen-bond donors (Lipinski definition) is 2. The average molecular weight is 308 g/mol. The predicted octanol–water partition coefficient (Wildman–Crippen LogP) is 3.35. The van der Waals surface area contributed by atoms with Crippen LogP contribution in [0.1, 0.15) is 11.1 Å². The molecule has 0 fully saturated rings. The molecule has 0 amide bonds. The molecule has 0 aromatic heterocycles. The van der Waals surface area contributed by atoms with Crippen LogP contribution in [-0.4, -0.2) is 19.3 Å². The molecule has 0 unspecified atom stereocenters. The highest BCUT2D eigenvalue weighted by molar-refractivity contribution is 6.31. The van der Waals surface area contributed by atoms with Gasteiger partial charge >= 0.3 is 0 Å². The van der Waals surface area contributed by atoms with Gasteiger partial charge in [-0.1, -0.05) is 23.7 Å². The monoisotopic (exact) mass is 307 g/mol. The largest absolute Gasteiger partial charge is 0.493 e. The van der Waals surface area contributed by atoms with Crippen molar-refractivity contribution in [2.24, 2.45) is 0 Å². The molecule has 0 bridgehead atoms. The Morgan fingerprint density at radius 1 is 1.14 bits per heavy atom. The van der Waals surface area contributed by atoms with Crippen molar-refractivity contribution in [3.8, 4) is 17.2 Å². The predicted molar refractivity (Wildman–Crippen MR) is 83.2 cm³/mol. The van der Waals surface area contributed by atoms with Crippen molar-refractivity contribution in [1.82, 2.24) is 5.32 Å². The van der Waals surface area contributed by atoms with Gasteiger partial charge in [-0.2, -0.15) is 0 Å². The molecule has 0 aliphatic carbocycles. The first-order valence-electron chi connectivity index (χ1n) is 6.56. The Labute approximate surface area is 129 Å². The number of rotatable bonds is 6. The highest BCUT2D eigenvalue weighted by Gasteiger charge is 2.08. The lowest BCUT2D eigenvalue weighted by molar-refractivity contribution is 0.280. The molecule has 2 rings (SSSR count). The zero-order valence-corrected chi connectivity index (χ0v) is 12.8. The normalized spacial score (nSPS) is 10.5. The van der Waals surface area contributed by atoms with Crippen molar-refractivity contribution in [3.05, 3.63) is 52.5 Å². The SMILES string of the molecule is CNCc1ccc(Oc2ccc(CO)cc2OC)cc1Cl. The van der Waals surface area contributed by atoms with Gasteiger partial charge in [-0.15, -0.1) is 0 Å². The molecule has 0 saturated carbocycles. The summed E-state index contributed by atoms with van der Waals surface area (Å²) in [5, 5.41) is 12.8. The Morgan fingerprint density at radius 3 is 2.57 bits per heavy atom. The molecule has 0 saturated heterocycles. The van der Waals surface area contributed by atoms with Gasteiger partial charge in [0.15, 0.2) is 11.5 Å². The molecule has 0 spiro atoms. The molecular formula is C16H18ClNO3. The molecule has 0 radical (unpaired) electrons. The second kappa shape index (κ2) is 7.31. The molecule has 4 nitrogen and oxygen atoms in total. The number of nitrogens with one attached hydrogen (secondary N) is 1. The first kappa shape index (κ1) is 15.6. The summed E-state index contributed by atoms with van der Waals surface area (Å²) in [7, 11) is 3.43. The number of benzene rings is 2. The van der Waals surface area contributed by atoms with Gasteiger partial charge in [0.1, 0.15) is 5.75 Å². The Balaban J connectivity index is 2.23. The molecule has 5 heteroatoms. The van der Waals surface area contributed by atoms with E-state index in [0.717, 1.165) is 11.1 Å². The summed E-state index contributed by atoms with van der Waals surface area (Å²) in [5.74, 6) is 1.78. The summed E-state index contributed by atoms with van der Waals surface area (Å²) in [6.07, 6.45) is 0. The highest BCUT2D eigenvalue weighted by Crippen LogP contribution is 2.33. The quantitative estimate of drug-likeness (QED) is 0.859. The minimum absolute atomic E-state index is 0.0405. The van der Waals surface area contributed by atoms with E-state index in [-0.39, 0.29) is 6.61 Å². The minimum Gasteiger partial charge on any atom is -0.493 e. The van der Waals surface area contributed by atoms with Gasteiger partial charge in [0.2, 0.25) is 0 Å². The van der Waals surface area contributed by atoms with Crippen LogP contribution in [-0.2, 0) is 13.2 Å². The third kappa shape index (κ3) is 3.88. The van der Waals surface area contributed by atoms with E-state index in [0.29, 0.717) is 28.8 Å². The lowest BCUT2D eigenvalue weighted by Crippen LogP contribution is -2.05. The van der Waals surface area contributed by atoms with Crippen LogP contribution in [0, 0.1) is 0 Å². The van der Waals surface area contributed by atoms with Crippen LogP contribution < -0.4 is 14.8 Å².